The van der Waals surface area contributed by atoms with E-state index >= 15 is 0 Å². The van der Waals surface area contributed by atoms with Gasteiger partial charge < -0.3 is 10.6 Å². The molecule has 0 spiro atoms. The van der Waals surface area contributed by atoms with Crippen LogP contribution in [-0.4, -0.2) is 27.9 Å². The van der Waals surface area contributed by atoms with Gasteiger partial charge in [-0.15, -0.1) is 0 Å². The number of carbonyl (C=O) groups is 2. The summed E-state index contributed by atoms with van der Waals surface area (Å²) in [6.07, 6.45) is 1.44. The van der Waals surface area contributed by atoms with E-state index in [1.807, 2.05) is 0 Å². The van der Waals surface area contributed by atoms with Crippen molar-refractivity contribution in [3.8, 4) is 0 Å². The van der Waals surface area contributed by atoms with Gasteiger partial charge in [0.25, 0.3) is 5.56 Å². The van der Waals surface area contributed by atoms with Crippen molar-refractivity contribution in [2.45, 2.75) is 13.0 Å². The normalized spacial score (nSPS) is 10.6. The Morgan fingerprint density at radius 3 is 2.70 bits per heavy atom. The first-order valence-corrected chi connectivity index (χ1v) is 8.67. The molecule has 7 nitrogen and oxygen atoms in total. The molecule has 2 amide bonds. The molecule has 3 aromatic rings. The lowest BCUT2D eigenvalue weighted by Gasteiger charge is -2.08. The third kappa shape index (κ3) is 4.92. The third-order valence-corrected chi connectivity index (χ3v) is 4.06. The number of nitrogens with zero attached hydrogens (tertiary/aromatic N) is 2. The molecule has 0 saturated heterocycles. The lowest BCUT2D eigenvalue weighted by molar-refractivity contribution is -0.121. The van der Waals surface area contributed by atoms with Crippen molar-refractivity contribution in [1.29, 1.82) is 0 Å². The molecular weight excluding hydrogens is 368 g/mol. The van der Waals surface area contributed by atoms with E-state index in [2.05, 4.69) is 15.6 Å². The summed E-state index contributed by atoms with van der Waals surface area (Å²) in [5.41, 5.74) is 0.888. The van der Waals surface area contributed by atoms with Crippen LogP contribution in [0.15, 0.2) is 59.7 Å². The quantitative estimate of drug-likeness (QED) is 0.681. The topological polar surface area (TPSA) is 93.1 Å². The molecule has 0 saturated carbocycles. The average Bonchev–Trinajstić information content (AvgIpc) is 2.64. The van der Waals surface area contributed by atoms with E-state index in [1.165, 1.54) is 10.9 Å². The van der Waals surface area contributed by atoms with Crippen molar-refractivity contribution in [2.24, 2.45) is 0 Å². The van der Waals surface area contributed by atoms with Gasteiger partial charge in [0, 0.05) is 23.7 Å². The number of amides is 2. The monoisotopic (exact) mass is 384 g/mol. The molecule has 0 unspecified atom stereocenters. The zero-order chi connectivity index (χ0) is 19.2. The molecule has 0 radical (unpaired) electrons. The predicted octanol–water partition coefficient (Wildman–Crippen LogP) is 2.19. The van der Waals surface area contributed by atoms with Crippen LogP contribution in [0.5, 0.6) is 0 Å². The molecule has 8 heteroatoms. The molecule has 0 atom stereocenters. The summed E-state index contributed by atoms with van der Waals surface area (Å²) in [5, 5.41) is 6.29. The first kappa shape index (κ1) is 18.6. The second-order valence-corrected chi connectivity index (χ2v) is 6.29. The highest BCUT2D eigenvalue weighted by Crippen LogP contribution is 2.14. The zero-order valence-electron chi connectivity index (χ0n) is 14.3. The summed E-state index contributed by atoms with van der Waals surface area (Å²) in [6.45, 7) is -0.00638. The maximum Gasteiger partial charge on any atom is 0.261 e. The minimum absolute atomic E-state index is 0.100. The number of carbonyl (C=O) groups excluding carboxylic acids is 2. The van der Waals surface area contributed by atoms with Gasteiger partial charge >= 0.3 is 0 Å². The fraction of sp³-hybridized carbons (Fsp3) is 0.158. The molecule has 0 bridgehead atoms. The highest BCUT2D eigenvalue weighted by atomic mass is 35.5. The standard InChI is InChI=1S/C19H17ClN4O3/c20-13-4-3-5-14(10-13)23-17(25)8-9-21-18(26)11-24-12-22-16-7-2-1-6-15(16)19(24)27/h1-7,10,12H,8-9,11H2,(H,21,26)(H,23,25). The molecule has 138 valence electrons. The van der Waals surface area contributed by atoms with Crippen molar-refractivity contribution in [3.05, 3.63) is 70.2 Å². The molecule has 0 aliphatic heterocycles. The zero-order valence-corrected chi connectivity index (χ0v) is 15.1. The van der Waals surface area contributed by atoms with Gasteiger partial charge in [0.1, 0.15) is 6.54 Å². The van der Waals surface area contributed by atoms with E-state index in [-0.39, 0.29) is 36.9 Å². The molecule has 2 aromatic carbocycles. The van der Waals surface area contributed by atoms with Crippen LogP contribution in [0.4, 0.5) is 5.69 Å². The molecule has 0 aliphatic carbocycles. The number of fused-ring (bicyclic) bond motifs is 1. The Balaban J connectivity index is 1.51. The van der Waals surface area contributed by atoms with Crippen LogP contribution in [0.25, 0.3) is 10.9 Å². The number of anilines is 1. The fourth-order valence-corrected chi connectivity index (χ4v) is 2.72. The SMILES string of the molecule is O=C(Cn1cnc2ccccc2c1=O)NCCC(=O)Nc1cccc(Cl)c1. The van der Waals surface area contributed by atoms with Crippen LogP contribution in [0.2, 0.25) is 5.02 Å². The molecule has 0 aliphatic rings. The number of para-hydroxylation sites is 1. The molecule has 3 rings (SSSR count). The van der Waals surface area contributed by atoms with Gasteiger partial charge in [-0.1, -0.05) is 29.8 Å². The Morgan fingerprint density at radius 2 is 1.89 bits per heavy atom. The Kier molecular flexibility index (Phi) is 5.83. The van der Waals surface area contributed by atoms with Crippen LogP contribution < -0.4 is 16.2 Å². The Morgan fingerprint density at radius 1 is 1.07 bits per heavy atom. The summed E-state index contributed by atoms with van der Waals surface area (Å²) >= 11 is 5.86. The minimum atomic E-state index is -0.371. The molecule has 27 heavy (non-hydrogen) atoms. The summed E-state index contributed by atoms with van der Waals surface area (Å²) < 4.78 is 1.24. The van der Waals surface area contributed by atoms with Crippen LogP contribution in [0.3, 0.4) is 0 Å². The number of rotatable bonds is 6. The predicted molar refractivity (Wildman–Crippen MR) is 104 cm³/mol. The molecular formula is C19H17ClN4O3. The van der Waals surface area contributed by atoms with Crippen LogP contribution >= 0.6 is 11.6 Å². The summed E-state index contributed by atoms with van der Waals surface area (Å²) in [4.78, 5) is 40.4. The maximum absolute atomic E-state index is 12.3. The maximum atomic E-state index is 12.3. The van der Waals surface area contributed by atoms with Crippen molar-refractivity contribution >= 4 is 40.0 Å². The first-order valence-electron chi connectivity index (χ1n) is 8.29. The van der Waals surface area contributed by atoms with E-state index in [1.54, 1.807) is 48.5 Å². The van der Waals surface area contributed by atoms with Gasteiger partial charge in [0.05, 0.1) is 17.2 Å². The second-order valence-electron chi connectivity index (χ2n) is 5.85. The van der Waals surface area contributed by atoms with E-state index in [9.17, 15) is 14.4 Å². The van der Waals surface area contributed by atoms with Gasteiger partial charge in [-0.2, -0.15) is 0 Å². The highest BCUT2D eigenvalue weighted by Gasteiger charge is 2.09. The lowest BCUT2D eigenvalue weighted by Crippen LogP contribution is -2.34. The van der Waals surface area contributed by atoms with Gasteiger partial charge in [-0.3, -0.25) is 19.0 Å². The number of halogens is 1. The van der Waals surface area contributed by atoms with Crippen molar-refractivity contribution in [3.63, 3.8) is 0 Å². The van der Waals surface area contributed by atoms with E-state index in [0.29, 0.717) is 21.6 Å². The number of hydrogen-bond donors (Lipinski definition) is 2. The van der Waals surface area contributed by atoms with E-state index < -0.39 is 0 Å². The summed E-state index contributed by atoms with van der Waals surface area (Å²) in [5.74, 6) is -0.619. The van der Waals surface area contributed by atoms with Crippen LogP contribution in [-0.2, 0) is 16.1 Å². The smallest absolute Gasteiger partial charge is 0.261 e. The average molecular weight is 385 g/mol. The Bertz CT molecular complexity index is 1050. The minimum Gasteiger partial charge on any atom is -0.354 e. The number of aromatic nitrogens is 2. The number of hydrogen-bond acceptors (Lipinski definition) is 4. The van der Waals surface area contributed by atoms with Crippen molar-refractivity contribution in [2.75, 3.05) is 11.9 Å². The first-order chi connectivity index (χ1) is 13.0. The number of nitrogens with one attached hydrogen (secondary N) is 2. The second kappa shape index (κ2) is 8.46. The van der Waals surface area contributed by atoms with Gasteiger partial charge in [0.2, 0.25) is 11.8 Å². The number of benzene rings is 2. The Labute approximate surface area is 160 Å². The molecule has 1 aromatic heterocycles. The van der Waals surface area contributed by atoms with Gasteiger partial charge in [0.15, 0.2) is 0 Å². The van der Waals surface area contributed by atoms with Gasteiger partial charge in [-0.25, -0.2) is 4.98 Å². The fourth-order valence-electron chi connectivity index (χ4n) is 2.53. The van der Waals surface area contributed by atoms with E-state index in [0.717, 1.165) is 0 Å². The van der Waals surface area contributed by atoms with Crippen molar-refractivity contribution < 1.29 is 9.59 Å². The molecule has 0 fully saturated rings. The van der Waals surface area contributed by atoms with Crippen molar-refractivity contribution in [1.82, 2.24) is 14.9 Å². The highest BCUT2D eigenvalue weighted by molar-refractivity contribution is 6.30. The van der Waals surface area contributed by atoms with Crippen LogP contribution in [0.1, 0.15) is 6.42 Å². The Hall–Kier alpha value is -3.19. The molecule has 1 heterocycles. The largest absolute Gasteiger partial charge is 0.354 e. The van der Waals surface area contributed by atoms with E-state index in [4.69, 9.17) is 11.6 Å². The van der Waals surface area contributed by atoms with Crippen LogP contribution in [0, 0.1) is 0 Å². The lowest BCUT2D eigenvalue weighted by atomic mass is 10.2. The summed E-state index contributed by atoms with van der Waals surface area (Å²) in [6, 6.07) is 13.7. The molecule has 2 N–H and O–H groups in total. The van der Waals surface area contributed by atoms with Gasteiger partial charge in [-0.05, 0) is 30.3 Å². The summed E-state index contributed by atoms with van der Waals surface area (Å²) in [7, 11) is 0. The third-order valence-electron chi connectivity index (χ3n) is 3.83.